The largest absolute Gasteiger partial charge is 0.392 e. The molecule has 0 aromatic carbocycles. The maximum absolute atomic E-state index is 12.0. The van der Waals surface area contributed by atoms with E-state index in [1.807, 2.05) is 0 Å². The lowest BCUT2D eigenvalue weighted by atomic mass is 9.54. The summed E-state index contributed by atoms with van der Waals surface area (Å²) in [6, 6.07) is 0. The molecule has 0 aromatic rings. The highest BCUT2D eigenvalue weighted by atomic mass is 16.3. The second-order valence-corrected chi connectivity index (χ2v) is 7.29. The third-order valence-corrected chi connectivity index (χ3v) is 5.43. The first-order valence-corrected chi connectivity index (χ1v) is 7.21. The summed E-state index contributed by atoms with van der Waals surface area (Å²) in [5, 5.41) is 31.3. The molecule has 19 heavy (non-hydrogen) atoms. The molecule has 2 saturated carbocycles. The highest BCUT2D eigenvalue weighted by molar-refractivity contribution is 5.82. The lowest BCUT2D eigenvalue weighted by Gasteiger charge is -2.54. The third kappa shape index (κ3) is 2.46. The van der Waals surface area contributed by atoms with Gasteiger partial charge in [-0.1, -0.05) is 6.92 Å². The van der Waals surface area contributed by atoms with E-state index in [-0.39, 0.29) is 23.5 Å². The van der Waals surface area contributed by atoms with Gasteiger partial charge in [-0.05, 0) is 51.4 Å². The number of aliphatic hydroxyl groups is 3. The molecule has 3 N–H and O–H groups in total. The number of ketones is 1. The summed E-state index contributed by atoms with van der Waals surface area (Å²) in [6.45, 7) is 7.00. The van der Waals surface area contributed by atoms with Crippen molar-refractivity contribution < 1.29 is 20.1 Å². The van der Waals surface area contributed by atoms with Gasteiger partial charge in [0.25, 0.3) is 0 Å². The molecule has 0 saturated heterocycles. The van der Waals surface area contributed by atoms with Gasteiger partial charge < -0.3 is 15.3 Å². The summed E-state index contributed by atoms with van der Waals surface area (Å²) in [5.74, 6) is -0.929. The van der Waals surface area contributed by atoms with Crippen LogP contribution in [0.25, 0.3) is 0 Å². The van der Waals surface area contributed by atoms with E-state index in [0.29, 0.717) is 19.3 Å². The van der Waals surface area contributed by atoms with Crippen molar-refractivity contribution in [2.24, 2.45) is 23.7 Å². The molecule has 4 nitrogen and oxygen atoms in total. The average Bonchev–Trinajstić information content (AvgIpc) is 2.25. The van der Waals surface area contributed by atoms with E-state index >= 15 is 0 Å². The quantitative estimate of drug-likeness (QED) is 0.667. The van der Waals surface area contributed by atoms with Crippen molar-refractivity contribution in [1.29, 1.82) is 0 Å². The minimum Gasteiger partial charge on any atom is -0.392 e. The Labute approximate surface area is 114 Å². The van der Waals surface area contributed by atoms with E-state index in [0.717, 1.165) is 0 Å². The molecular formula is C15H26O4. The first-order valence-electron chi connectivity index (χ1n) is 7.21. The molecule has 2 fully saturated rings. The summed E-state index contributed by atoms with van der Waals surface area (Å²) < 4.78 is 0. The van der Waals surface area contributed by atoms with Crippen molar-refractivity contribution in [3.05, 3.63) is 0 Å². The van der Waals surface area contributed by atoms with Gasteiger partial charge in [0.2, 0.25) is 0 Å². The lowest BCUT2D eigenvalue weighted by molar-refractivity contribution is -0.184. The van der Waals surface area contributed by atoms with Gasteiger partial charge in [0, 0.05) is 12.3 Å². The van der Waals surface area contributed by atoms with Crippen molar-refractivity contribution in [1.82, 2.24) is 0 Å². The average molecular weight is 270 g/mol. The predicted molar refractivity (Wildman–Crippen MR) is 71.4 cm³/mol. The van der Waals surface area contributed by atoms with Crippen LogP contribution in [-0.2, 0) is 4.79 Å². The summed E-state index contributed by atoms with van der Waals surface area (Å²) in [4.78, 5) is 12.0. The van der Waals surface area contributed by atoms with Gasteiger partial charge >= 0.3 is 0 Å². The highest BCUT2D eigenvalue weighted by Gasteiger charge is 2.56. The fourth-order valence-corrected chi connectivity index (χ4v) is 4.10. The summed E-state index contributed by atoms with van der Waals surface area (Å²) in [7, 11) is 0. The van der Waals surface area contributed by atoms with Gasteiger partial charge in [0.05, 0.1) is 17.3 Å². The van der Waals surface area contributed by atoms with Crippen LogP contribution in [0.3, 0.4) is 0 Å². The zero-order valence-corrected chi connectivity index (χ0v) is 12.3. The number of fused-ring (bicyclic) bond motifs is 1. The monoisotopic (exact) mass is 270 g/mol. The Morgan fingerprint density at radius 2 is 1.95 bits per heavy atom. The number of carbonyl (C=O) groups excluding carboxylic acids is 1. The maximum Gasteiger partial charge on any atom is 0.138 e. The molecule has 0 spiro atoms. The molecule has 2 aliphatic carbocycles. The van der Waals surface area contributed by atoms with Crippen LogP contribution in [0.1, 0.15) is 47.0 Å². The molecular weight excluding hydrogens is 244 g/mol. The van der Waals surface area contributed by atoms with Gasteiger partial charge in [-0.2, -0.15) is 0 Å². The Kier molecular flexibility index (Phi) is 3.57. The van der Waals surface area contributed by atoms with Gasteiger partial charge in [0.1, 0.15) is 5.78 Å². The number of carbonyl (C=O) groups is 1. The Morgan fingerprint density at radius 3 is 2.47 bits per heavy atom. The van der Waals surface area contributed by atoms with Crippen LogP contribution in [-0.4, -0.2) is 38.4 Å². The van der Waals surface area contributed by atoms with E-state index in [4.69, 9.17) is 0 Å². The SMILES string of the molecule is CC1C(=O)C[C@H]2[C@@H]([C@@H]1O)[C@@H](C(C)(C)O)CC[C@@]2(C)O. The van der Waals surface area contributed by atoms with Crippen LogP contribution in [0, 0.1) is 23.7 Å². The van der Waals surface area contributed by atoms with Crippen LogP contribution in [0.2, 0.25) is 0 Å². The number of rotatable bonds is 1. The molecule has 1 unspecified atom stereocenters. The molecule has 110 valence electrons. The molecule has 0 heterocycles. The van der Waals surface area contributed by atoms with Crippen molar-refractivity contribution in [2.45, 2.75) is 64.3 Å². The molecule has 0 aliphatic heterocycles. The highest BCUT2D eigenvalue weighted by Crippen LogP contribution is 2.51. The fourth-order valence-electron chi connectivity index (χ4n) is 4.10. The Balaban J connectivity index is 2.38. The minimum atomic E-state index is -0.927. The zero-order chi connectivity index (χ0) is 14.6. The molecule has 4 heteroatoms. The first kappa shape index (κ1) is 14.9. The first-order chi connectivity index (χ1) is 8.55. The van der Waals surface area contributed by atoms with Gasteiger partial charge in [-0.3, -0.25) is 4.79 Å². The van der Waals surface area contributed by atoms with E-state index in [9.17, 15) is 20.1 Å². The smallest absolute Gasteiger partial charge is 0.138 e. The van der Waals surface area contributed by atoms with Crippen molar-refractivity contribution >= 4 is 5.78 Å². The number of hydrogen-bond donors (Lipinski definition) is 3. The number of aliphatic hydroxyl groups excluding tert-OH is 1. The molecule has 0 radical (unpaired) electrons. The topological polar surface area (TPSA) is 77.8 Å². The van der Waals surface area contributed by atoms with Crippen molar-refractivity contribution in [3.8, 4) is 0 Å². The van der Waals surface area contributed by atoms with E-state index in [2.05, 4.69) is 0 Å². The second kappa shape index (κ2) is 4.54. The third-order valence-electron chi connectivity index (χ3n) is 5.43. The minimum absolute atomic E-state index is 0.0189. The number of Topliss-reactive ketones (excluding diaryl/α,β-unsaturated/α-hetero) is 1. The van der Waals surface area contributed by atoms with Crippen LogP contribution in [0.5, 0.6) is 0 Å². The maximum atomic E-state index is 12.0. The Morgan fingerprint density at radius 1 is 1.37 bits per heavy atom. The summed E-state index contributed by atoms with van der Waals surface area (Å²) in [5.41, 5.74) is -1.83. The molecule has 0 amide bonds. The van der Waals surface area contributed by atoms with Crippen molar-refractivity contribution in [2.75, 3.05) is 0 Å². The van der Waals surface area contributed by atoms with E-state index in [1.54, 1.807) is 27.7 Å². The van der Waals surface area contributed by atoms with Crippen LogP contribution < -0.4 is 0 Å². The summed E-state index contributed by atoms with van der Waals surface area (Å²) in [6.07, 6.45) is 0.782. The molecule has 6 atom stereocenters. The number of hydrogen-bond acceptors (Lipinski definition) is 4. The van der Waals surface area contributed by atoms with Gasteiger partial charge in [-0.25, -0.2) is 0 Å². The molecule has 2 aliphatic rings. The lowest BCUT2D eigenvalue weighted by Crippen LogP contribution is -2.60. The zero-order valence-electron chi connectivity index (χ0n) is 12.3. The Hall–Kier alpha value is -0.450. The normalized spacial score (nSPS) is 47.9. The fraction of sp³-hybridized carbons (Fsp3) is 0.933. The van der Waals surface area contributed by atoms with E-state index in [1.165, 1.54) is 0 Å². The predicted octanol–water partition coefficient (Wildman–Crippen LogP) is 1.12. The molecule has 0 bridgehead atoms. The van der Waals surface area contributed by atoms with Crippen LogP contribution >= 0.6 is 0 Å². The Bertz CT molecular complexity index is 369. The van der Waals surface area contributed by atoms with Crippen LogP contribution in [0.4, 0.5) is 0 Å². The van der Waals surface area contributed by atoms with Gasteiger partial charge in [0.15, 0.2) is 0 Å². The standard InChI is InChI=1S/C15H26O4/c1-8-11(16)7-10-12(13(8)17)9(14(2,3)18)5-6-15(10,4)19/h8-10,12-13,17-19H,5-7H2,1-4H3/t8?,9-,10-,12-,13+,15+/m0/s1. The van der Waals surface area contributed by atoms with Crippen molar-refractivity contribution in [3.63, 3.8) is 0 Å². The van der Waals surface area contributed by atoms with E-state index < -0.39 is 23.2 Å². The van der Waals surface area contributed by atoms with Crippen LogP contribution in [0.15, 0.2) is 0 Å². The summed E-state index contributed by atoms with van der Waals surface area (Å²) >= 11 is 0. The van der Waals surface area contributed by atoms with Gasteiger partial charge in [-0.15, -0.1) is 0 Å². The second-order valence-electron chi connectivity index (χ2n) is 7.29. The molecule has 0 aromatic heterocycles. The molecule has 2 rings (SSSR count).